The van der Waals surface area contributed by atoms with E-state index in [0.29, 0.717) is 24.7 Å². The zero-order valence-corrected chi connectivity index (χ0v) is 8.56. The van der Waals surface area contributed by atoms with Gasteiger partial charge >= 0.3 is 6.09 Å². The second-order valence-electron chi connectivity index (χ2n) is 3.32. The van der Waals surface area contributed by atoms with E-state index in [2.05, 4.69) is 4.98 Å². The van der Waals surface area contributed by atoms with Gasteiger partial charge in [-0.25, -0.2) is 9.78 Å². The number of nitrogen functional groups attached to an aromatic ring is 1. The zero-order valence-electron chi connectivity index (χ0n) is 8.56. The first-order valence-electron chi connectivity index (χ1n) is 4.92. The highest BCUT2D eigenvalue weighted by Gasteiger charge is 2.24. The lowest BCUT2D eigenvalue weighted by atomic mass is 10.2. The van der Waals surface area contributed by atoms with Gasteiger partial charge in [0.2, 0.25) is 0 Å². The average Bonchev–Trinajstić information content (AvgIpc) is 2.65. The number of cyclic esters (lactones) is 1. The van der Waals surface area contributed by atoms with E-state index < -0.39 is 0 Å². The molecule has 80 valence electrons. The second-order valence-corrected chi connectivity index (χ2v) is 3.32. The van der Waals surface area contributed by atoms with E-state index in [1.165, 1.54) is 4.90 Å². The average molecular weight is 207 g/mol. The summed E-state index contributed by atoms with van der Waals surface area (Å²) in [6.07, 6.45) is 0.414. The molecule has 0 unspecified atom stereocenters. The maximum Gasteiger partial charge on any atom is 0.415 e. The summed E-state index contributed by atoms with van der Waals surface area (Å²) in [6, 6.07) is 3.51. The van der Waals surface area contributed by atoms with Gasteiger partial charge in [-0.2, -0.15) is 0 Å². The maximum atomic E-state index is 11.3. The van der Waals surface area contributed by atoms with Crippen LogP contribution < -0.4 is 10.6 Å². The highest BCUT2D eigenvalue weighted by Crippen LogP contribution is 2.19. The molecule has 2 N–H and O–H groups in total. The number of aromatic nitrogens is 1. The normalized spacial score (nSPS) is 15.5. The van der Waals surface area contributed by atoms with Crippen molar-refractivity contribution < 1.29 is 9.53 Å². The minimum absolute atomic E-state index is 0.339. The number of hydrogen-bond donors (Lipinski definition) is 1. The number of ether oxygens (including phenoxy) is 1. The van der Waals surface area contributed by atoms with Gasteiger partial charge in [0.05, 0.1) is 17.9 Å². The Morgan fingerprint density at radius 2 is 2.40 bits per heavy atom. The molecule has 0 aromatic carbocycles. The lowest BCUT2D eigenvalue weighted by Gasteiger charge is -2.13. The summed E-state index contributed by atoms with van der Waals surface area (Å²) in [4.78, 5) is 17.1. The summed E-state index contributed by atoms with van der Waals surface area (Å²) in [7, 11) is 0. The van der Waals surface area contributed by atoms with E-state index in [-0.39, 0.29) is 6.09 Å². The lowest BCUT2D eigenvalue weighted by molar-refractivity contribution is 0.181. The van der Waals surface area contributed by atoms with Gasteiger partial charge < -0.3 is 10.5 Å². The molecule has 1 amide bonds. The highest BCUT2D eigenvalue weighted by atomic mass is 16.6. The van der Waals surface area contributed by atoms with Crippen LogP contribution in [0.15, 0.2) is 12.1 Å². The van der Waals surface area contributed by atoms with Gasteiger partial charge in [0.1, 0.15) is 12.4 Å². The summed E-state index contributed by atoms with van der Waals surface area (Å²) in [6.45, 7) is 2.95. The Morgan fingerprint density at radius 1 is 1.60 bits per heavy atom. The second kappa shape index (κ2) is 3.76. The minimum atomic E-state index is -0.339. The molecule has 0 spiro atoms. The predicted octanol–water partition coefficient (Wildman–Crippen LogP) is 1.18. The summed E-state index contributed by atoms with van der Waals surface area (Å²) < 4.78 is 4.84. The van der Waals surface area contributed by atoms with Crippen molar-refractivity contribution in [2.24, 2.45) is 0 Å². The molecule has 1 aliphatic rings. The van der Waals surface area contributed by atoms with Gasteiger partial charge in [-0.15, -0.1) is 0 Å². The standard InChI is InChI=1S/C10H13N3O2/c1-2-8-7(11)3-4-9(12-8)13-5-6-15-10(13)14/h3-4H,2,5-6,11H2,1H3. The Labute approximate surface area is 87.8 Å². The molecule has 15 heavy (non-hydrogen) atoms. The summed E-state index contributed by atoms with van der Waals surface area (Å²) in [5, 5.41) is 0. The van der Waals surface area contributed by atoms with Crippen LogP contribution in [0, 0.1) is 0 Å². The van der Waals surface area contributed by atoms with E-state index in [9.17, 15) is 4.79 Å². The molecule has 5 nitrogen and oxygen atoms in total. The monoisotopic (exact) mass is 207 g/mol. The van der Waals surface area contributed by atoms with Gasteiger partial charge in [0, 0.05) is 0 Å². The molecule has 0 saturated carbocycles. The van der Waals surface area contributed by atoms with Crippen LogP contribution in [0.3, 0.4) is 0 Å². The Hall–Kier alpha value is -1.78. The number of nitrogens with zero attached hydrogens (tertiary/aromatic N) is 2. The third-order valence-electron chi connectivity index (χ3n) is 2.37. The van der Waals surface area contributed by atoms with Crippen LogP contribution in [0.4, 0.5) is 16.3 Å². The van der Waals surface area contributed by atoms with Crippen molar-refractivity contribution in [1.82, 2.24) is 4.98 Å². The fourth-order valence-corrected chi connectivity index (χ4v) is 1.54. The van der Waals surface area contributed by atoms with Crippen molar-refractivity contribution in [2.45, 2.75) is 13.3 Å². The van der Waals surface area contributed by atoms with Crippen LogP contribution in [0.2, 0.25) is 0 Å². The van der Waals surface area contributed by atoms with Gasteiger partial charge in [-0.05, 0) is 18.6 Å². The lowest BCUT2D eigenvalue weighted by Crippen LogP contribution is -2.24. The third-order valence-corrected chi connectivity index (χ3v) is 2.37. The molecule has 0 atom stereocenters. The molecule has 1 aromatic heterocycles. The van der Waals surface area contributed by atoms with Gasteiger partial charge in [-0.1, -0.05) is 6.92 Å². The quantitative estimate of drug-likeness (QED) is 0.790. The van der Waals surface area contributed by atoms with Crippen molar-refractivity contribution in [2.75, 3.05) is 23.8 Å². The smallest absolute Gasteiger partial charge is 0.415 e. The zero-order chi connectivity index (χ0) is 10.8. The molecule has 0 radical (unpaired) electrons. The summed E-state index contributed by atoms with van der Waals surface area (Å²) in [5.41, 5.74) is 7.21. The Morgan fingerprint density at radius 3 is 3.00 bits per heavy atom. The number of rotatable bonds is 2. The largest absolute Gasteiger partial charge is 0.447 e. The van der Waals surface area contributed by atoms with Crippen LogP contribution in [0.5, 0.6) is 0 Å². The first-order valence-corrected chi connectivity index (χ1v) is 4.92. The fourth-order valence-electron chi connectivity index (χ4n) is 1.54. The molecule has 0 aliphatic carbocycles. The number of carbonyl (C=O) groups is 1. The molecule has 5 heteroatoms. The van der Waals surface area contributed by atoms with Crippen molar-refractivity contribution in [3.8, 4) is 0 Å². The van der Waals surface area contributed by atoms with Crippen LogP contribution in [-0.4, -0.2) is 24.2 Å². The van der Waals surface area contributed by atoms with E-state index in [0.717, 1.165) is 12.1 Å². The summed E-state index contributed by atoms with van der Waals surface area (Å²) in [5.74, 6) is 0.614. The number of anilines is 2. The molecular weight excluding hydrogens is 194 g/mol. The maximum absolute atomic E-state index is 11.3. The first-order chi connectivity index (χ1) is 7.22. The molecule has 1 saturated heterocycles. The Balaban J connectivity index is 2.32. The molecule has 2 rings (SSSR count). The van der Waals surface area contributed by atoms with Crippen LogP contribution in [-0.2, 0) is 11.2 Å². The number of nitrogens with two attached hydrogens (primary N) is 1. The fraction of sp³-hybridized carbons (Fsp3) is 0.400. The van der Waals surface area contributed by atoms with E-state index >= 15 is 0 Å². The van der Waals surface area contributed by atoms with Crippen molar-refractivity contribution >= 4 is 17.6 Å². The minimum Gasteiger partial charge on any atom is -0.447 e. The predicted molar refractivity (Wildman–Crippen MR) is 56.7 cm³/mol. The molecule has 1 fully saturated rings. The van der Waals surface area contributed by atoms with Crippen molar-refractivity contribution in [3.05, 3.63) is 17.8 Å². The number of pyridine rings is 1. The van der Waals surface area contributed by atoms with Gasteiger partial charge in [0.15, 0.2) is 0 Å². The number of amides is 1. The van der Waals surface area contributed by atoms with Crippen LogP contribution >= 0.6 is 0 Å². The Kier molecular flexibility index (Phi) is 2.45. The number of aryl methyl sites for hydroxylation is 1. The van der Waals surface area contributed by atoms with Crippen molar-refractivity contribution in [3.63, 3.8) is 0 Å². The van der Waals surface area contributed by atoms with Gasteiger partial charge in [-0.3, -0.25) is 4.90 Å². The van der Waals surface area contributed by atoms with Crippen LogP contribution in [0.25, 0.3) is 0 Å². The summed E-state index contributed by atoms with van der Waals surface area (Å²) >= 11 is 0. The molecule has 2 heterocycles. The van der Waals surface area contributed by atoms with Gasteiger partial charge in [0.25, 0.3) is 0 Å². The number of carbonyl (C=O) groups excluding carboxylic acids is 1. The van der Waals surface area contributed by atoms with E-state index in [1.54, 1.807) is 12.1 Å². The Bertz CT molecular complexity index is 392. The number of hydrogen-bond acceptors (Lipinski definition) is 4. The van der Waals surface area contributed by atoms with Crippen LogP contribution in [0.1, 0.15) is 12.6 Å². The molecule has 1 aliphatic heterocycles. The van der Waals surface area contributed by atoms with Crippen molar-refractivity contribution in [1.29, 1.82) is 0 Å². The SMILES string of the molecule is CCc1nc(N2CCOC2=O)ccc1N. The van der Waals surface area contributed by atoms with E-state index in [4.69, 9.17) is 10.5 Å². The van der Waals surface area contributed by atoms with E-state index in [1.807, 2.05) is 6.92 Å². The highest BCUT2D eigenvalue weighted by molar-refractivity contribution is 5.88. The third kappa shape index (κ3) is 1.72. The topological polar surface area (TPSA) is 68.5 Å². The first kappa shape index (κ1) is 9.76. The molecular formula is C10H13N3O2. The molecule has 1 aromatic rings. The molecule has 0 bridgehead atoms.